The van der Waals surface area contributed by atoms with Gasteiger partial charge in [0.25, 0.3) is 0 Å². The van der Waals surface area contributed by atoms with Crippen LogP contribution in [0.1, 0.15) is 37.3 Å². The van der Waals surface area contributed by atoms with Crippen molar-refractivity contribution in [3.8, 4) is 0 Å². The quantitative estimate of drug-likeness (QED) is 0.317. The highest BCUT2D eigenvalue weighted by molar-refractivity contribution is 14.0. The summed E-state index contributed by atoms with van der Waals surface area (Å²) in [4.78, 5) is 21.8. The first-order chi connectivity index (χ1) is 13.7. The van der Waals surface area contributed by atoms with E-state index in [9.17, 15) is 4.79 Å². The van der Waals surface area contributed by atoms with Gasteiger partial charge in [-0.25, -0.2) is 0 Å². The number of H-pyrrole nitrogens is 1. The average Bonchev–Trinajstić information content (AvgIpc) is 3.15. The van der Waals surface area contributed by atoms with Crippen molar-refractivity contribution in [3.63, 3.8) is 0 Å². The van der Waals surface area contributed by atoms with Gasteiger partial charge in [-0.1, -0.05) is 25.1 Å². The predicted molar refractivity (Wildman–Crippen MR) is 131 cm³/mol. The molecule has 1 aliphatic rings. The van der Waals surface area contributed by atoms with Gasteiger partial charge in [-0.05, 0) is 42.7 Å². The van der Waals surface area contributed by atoms with Gasteiger partial charge in [0.1, 0.15) is 0 Å². The molecular formula is C22H34IN5O. The standard InChI is InChI=1S/C22H33N5O.HI/c1-4-17-6-5-7-19-18(15-26-21(17)19)8-11-25-22(24-3)27-12-9-16(10-13-27)14-20(28)23-2;/h5-7,15-16,26H,4,8-14H2,1-3H3,(H,23,28)(H,24,25);1H. The van der Waals surface area contributed by atoms with Crippen molar-refractivity contribution in [2.24, 2.45) is 10.9 Å². The zero-order chi connectivity index (χ0) is 19.9. The number of aromatic nitrogens is 1. The van der Waals surface area contributed by atoms with Crippen LogP contribution in [0.3, 0.4) is 0 Å². The second kappa shape index (κ2) is 11.4. The Hall–Kier alpha value is -1.77. The third-order valence-electron chi connectivity index (χ3n) is 5.82. The van der Waals surface area contributed by atoms with Gasteiger partial charge >= 0.3 is 0 Å². The third-order valence-corrected chi connectivity index (χ3v) is 5.82. The minimum absolute atomic E-state index is 0. The number of fused-ring (bicyclic) bond motifs is 1. The topological polar surface area (TPSA) is 72.5 Å². The zero-order valence-corrected chi connectivity index (χ0v) is 20.1. The van der Waals surface area contributed by atoms with Gasteiger partial charge in [0.05, 0.1) is 0 Å². The maximum Gasteiger partial charge on any atom is 0.220 e. The van der Waals surface area contributed by atoms with Gasteiger partial charge in [0.15, 0.2) is 5.96 Å². The van der Waals surface area contributed by atoms with Crippen molar-refractivity contribution >= 4 is 46.7 Å². The molecule has 0 aliphatic carbocycles. The van der Waals surface area contributed by atoms with Crippen LogP contribution >= 0.6 is 24.0 Å². The molecule has 0 atom stereocenters. The highest BCUT2D eigenvalue weighted by Gasteiger charge is 2.23. The summed E-state index contributed by atoms with van der Waals surface area (Å²) in [5.74, 6) is 1.59. The maximum absolute atomic E-state index is 11.6. The zero-order valence-electron chi connectivity index (χ0n) is 17.8. The fraction of sp³-hybridized carbons (Fsp3) is 0.545. The van der Waals surface area contributed by atoms with E-state index in [1.54, 1.807) is 7.05 Å². The van der Waals surface area contributed by atoms with Gasteiger partial charge in [0, 0.05) is 57.3 Å². The molecule has 0 saturated carbocycles. The van der Waals surface area contributed by atoms with E-state index in [1.165, 1.54) is 22.0 Å². The van der Waals surface area contributed by atoms with Gasteiger partial charge < -0.3 is 20.5 Å². The number of carbonyl (C=O) groups excluding carboxylic acids is 1. The van der Waals surface area contributed by atoms with Crippen molar-refractivity contribution in [2.45, 2.75) is 39.0 Å². The van der Waals surface area contributed by atoms with Gasteiger partial charge in [-0.3, -0.25) is 9.79 Å². The van der Waals surface area contributed by atoms with Crippen LogP contribution < -0.4 is 10.6 Å². The number of halogens is 1. The first kappa shape index (κ1) is 23.5. The number of nitrogens with one attached hydrogen (secondary N) is 3. The normalized spacial score (nSPS) is 15.3. The number of likely N-dealkylation sites (tertiary alicyclic amines) is 1. The molecule has 0 bridgehead atoms. The van der Waals surface area contributed by atoms with Crippen molar-refractivity contribution in [3.05, 3.63) is 35.5 Å². The number of aryl methyl sites for hydroxylation is 1. The molecule has 0 unspecified atom stereocenters. The minimum Gasteiger partial charge on any atom is -0.361 e. The Bertz CT molecular complexity index is 824. The summed E-state index contributed by atoms with van der Waals surface area (Å²) in [6.07, 6.45) is 6.85. The second-order valence-electron chi connectivity index (χ2n) is 7.54. The van der Waals surface area contributed by atoms with Crippen molar-refractivity contribution in [2.75, 3.05) is 33.7 Å². The molecule has 7 heteroatoms. The summed E-state index contributed by atoms with van der Waals surface area (Å²) in [6.45, 7) is 4.95. The first-order valence-electron chi connectivity index (χ1n) is 10.4. The lowest BCUT2D eigenvalue weighted by Gasteiger charge is -2.34. The van der Waals surface area contributed by atoms with Crippen molar-refractivity contribution in [1.29, 1.82) is 0 Å². The Morgan fingerprint density at radius 2 is 2.03 bits per heavy atom. The second-order valence-corrected chi connectivity index (χ2v) is 7.54. The van der Waals surface area contributed by atoms with E-state index in [-0.39, 0.29) is 29.9 Å². The lowest BCUT2D eigenvalue weighted by atomic mass is 9.93. The summed E-state index contributed by atoms with van der Waals surface area (Å²) in [5.41, 5.74) is 3.98. The third kappa shape index (κ3) is 5.87. The lowest BCUT2D eigenvalue weighted by Crippen LogP contribution is -2.46. The van der Waals surface area contributed by atoms with Gasteiger partial charge in [0.2, 0.25) is 5.91 Å². The number of para-hydroxylation sites is 1. The summed E-state index contributed by atoms with van der Waals surface area (Å²) in [5, 5.41) is 7.57. The van der Waals surface area contributed by atoms with Crippen LogP contribution in [0.4, 0.5) is 0 Å². The average molecular weight is 511 g/mol. The predicted octanol–water partition coefficient (Wildman–Crippen LogP) is 3.31. The highest BCUT2D eigenvalue weighted by Crippen LogP contribution is 2.23. The first-order valence-corrected chi connectivity index (χ1v) is 10.4. The molecule has 2 aromatic rings. The number of nitrogens with zero attached hydrogens (tertiary/aromatic N) is 2. The van der Waals surface area contributed by atoms with E-state index >= 15 is 0 Å². The number of hydrogen-bond donors (Lipinski definition) is 3. The smallest absolute Gasteiger partial charge is 0.220 e. The molecule has 1 fully saturated rings. The van der Waals surface area contributed by atoms with Gasteiger partial charge in [-0.15, -0.1) is 24.0 Å². The molecule has 2 heterocycles. The number of amides is 1. The maximum atomic E-state index is 11.6. The van der Waals surface area contributed by atoms with Crippen LogP contribution in [0, 0.1) is 5.92 Å². The fourth-order valence-electron chi connectivity index (χ4n) is 4.13. The molecule has 6 nitrogen and oxygen atoms in total. The van der Waals surface area contributed by atoms with E-state index in [2.05, 4.69) is 56.8 Å². The largest absolute Gasteiger partial charge is 0.361 e. The van der Waals surface area contributed by atoms with Crippen LogP contribution in [-0.4, -0.2) is 55.5 Å². The SMILES string of the molecule is CCc1cccc2c(CCNC(=NC)N3CCC(CC(=O)NC)CC3)c[nH]c12.I. The Labute approximate surface area is 190 Å². The molecule has 160 valence electrons. The van der Waals surface area contributed by atoms with Crippen LogP contribution in [0.25, 0.3) is 10.9 Å². The molecule has 0 spiro atoms. The summed E-state index contributed by atoms with van der Waals surface area (Å²) < 4.78 is 0. The molecular weight excluding hydrogens is 477 g/mol. The number of rotatable bonds is 6. The Balaban J connectivity index is 0.00000300. The van der Waals surface area contributed by atoms with E-state index in [0.717, 1.165) is 51.3 Å². The van der Waals surface area contributed by atoms with Crippen LogP contribution in [0.2, 0.25) is 0 Å². The van der Waals surface area contributed by atoms with Gasteiger partial charge in [-0.2, -0.15) is 0 Å². The number of aliphatic imine (C=N–C) groups is 1. The van der Waals surface area contributed by atoms with E-state index in [4.69, 9.17) is 0 Å². The van der Waals surface area contributed by atoms with E-state index < -0.39 is 0 Å². The number of piperidine rings is 1. The number of carbonyl (C=O) groups is 1. The lowest BCUT2D eigenvalue weighted by molar-refractivity contribution is -0.121. The van der Waals surface area contributed by atoms with Crippen LogP contribution in [0.5, 0.6) is 0 Å². The molecule has 1 aliphatic heterocycles. The Morgan fingerprint density at radius 3 is 2.69 bits per heavy atom. The number of aromatic amines is 1. The Kier molecular flexibility index (Phi) is 9.26. The van der Waals surface area contributed by atoms with Crippen molar-refractivity contribution < 1.29 is 4.79 Å². The summed E-state index contributed by atoms with van der Waals surface area (Å²) in [6, 6.07) is 6.54. The van der Waals surface area contributed by atoms with Crippen LogP contribution in [-0.2, 0) is 17.6 Å². The van der Waals surface area contributed by atoms with Crippen molar-refractivity contribution in [1.82, 2.24) is 20.5 Å². The molecule has 1 amide bonds. The number of hydrogen-bond acceptors (Lipinski definition) is 2. The monoisotopic (exact) mass is 511 g/mol. The number of guanidine groups is 1. The molecule has 29 heavy (non-hydrogen) atoms. The minimum atomic E-state index is 0. The summed E-state index contributed by atoms with van der Waals surface area (Å²) >= 11 is 0. The van der Waals surface area contributed by atoms with Crippen LogP contribution in [0.15, 0.2) is 29.4 Å². The Morgan fingerprint density at radius 1 is 1.28 bits per heavy atom. The summed E-state index contributed by atoms with van der Waals surface area (Å²) in [7, 11) is 3.55. The van der Waals surface area contributed by atoms with E-state index in [0.29, 0.717) is 12.3 Å². The van der Waals surface area contributed by atoms with E-state index in [1.807, 2.05) is 7.05 Å². The highest BCUT2D eigenvalue weighted by atomic mass is 127. The molecule has 3 N–H and O–H groups in total. The molecule has 1 aromatic carbocycles. The molecule has 3 rings (SSSR count). The molecule has 1 aromatic heterocycles. The molecule has 0 radical (unpaired) electrons. The fourth-order valence-corrected chi connectivity index (χ4v) is 4.13. The molecule has 1 saturated heterocycles. The number of benzene rings is 1.